The van der Waals surface area contributed by atoms with E-state index in [0.717, 1.165) is 10.5 Å². The fourth-order valence-electron chi connectivity index (χ4n) is 2.74. The third kappa shape index (κ3) is 2.64. The first-order chi connectivity index (χ1) is 12.4. The molecule has 8 heteroatoms. The number of alkyl halides is 3. The van der Waals surface area contributed by atoms with E-state index >= 15 is 0 Å². The quantitative estimate of drug-likeness (QED) is 0.395. The molecule has 0 unspecified atom stereocenters. The fraction of sp³-hybridized carbons (Fsp3) is 0.0556. The van der Waals surface area contributed by atoms with Crippen molar-refractivity contribution in [3.05, 3.63) is 71.7 Å². The van der Waals surface area contributed by atoms with Gasteiger partial charge in [0.25, 0.3) is 0 Å². The van der Waals surface area contributed by atoms with Gasteiger partial charge in [-0.25, -0.2) is 9.37 Å². The van der Waals surface area contributed by atoms with Crippen LogP contribution < -0.4 is 0 Å². The van der Waals surface area contributed by atoms with Crippen molar-refractivity contribution < 1.29 is 22.0 Å². The number of halogens is 5. The SMILES string of the molecule is Fc1ccccc1-c1nc2c(C(F)(F)F)cc(-c3ccoc3)cn2c1Cl. The lowest BCUT2D eigenvalue weighted by Crippen LogP contribution is -2.08. The van der Waals surface area contributed by atoms with E-state index in [1.54, 1.807) is 6.07 Å². The molecule has 3 heterocycles. The lowest BCUT2D eigenvalue weighted by molar-refractivity contribution is -0.136. The van der Waals surface area contributed by atoms with Gasteiger partial charge in [-0.3, -0.25) is 4.40 Å². The molecule has 0 aliphatic carbocycles. The molecule has 26 heavy (non-hydrogen) atoms. The average molecular weight is 381 g/mol. The van der Waals surface area contributed by atoms with Gasteiger partial charge in [-0.05, 0) is 24.3 Å². The molecular weight excluding hydrogens is 372 g/mol. The maximum Gasteiger partial charge on any atom is 0.420 e. The number of nitrogens with zero attached hydrogens (tertiary/aromatic N) is 2. The Bertz CT molecular complexity index is 1100. The molecule has 3 nitrogen and oxygen atoms in total. The van der Waals surface area contributed by atoms with E-state index in [4.69, 9.17) is 16.0 Å². The summed E-state index contributed by atoms with van der Waals surface area (Å²) in [5.74, 6) is -0.624. The van der Waals surface area contributed by atoms with Crippen molar-refractivity contribution in [3.8, 4) is 22.4 Å². The molecular formula is C18H9ClF4N2O. The number of hydrogen-bond acceptors (Lipinski definition) is 2. The Morgan fingerprint density at radius 3 is 2.50 bits per heavy atom. The van der Waals surface area contributed by atoms with Crippen molar-refractivity contribution in [1.82, 2.24) is 9.38 Å². The second kappa shape index (κ2) is 5.88. The van der Waals surface area contributed by atoms with Crippen LogP contribution in [0.4, 0.5) is 17.6 Å². The van der Waals surface area contributed by atoms with Gasteiger partial charge in [0.1, 0.15) is 16.7 Å². The highest BCUT2D eigenvalue weighted by atomic mass is 35.5. The second-order valence-corrected chi connectivity index (χ2v) is 5.93. The second-order valence-electron chi connectivity index (χ2n) is 5.58. The molecule has 0 N–H and O–H groups in total. The number of rotatable bonds is 2. The molecule has 4 aromatic rings. The molecule has 0 bridgehead atoms. The Morgan fingerprint density at radius 2 is 1.85 bits per heavy atom. The van der Waals surface area contributed by atoms with Crippen LogP contribution in [0.2, 0.25) is 5.15 Å². The van der Waals surface area contributed by atoms with E-state index < -0.39 is 23.2 Å². The van der Waals surface area contributed by atoms with Gasteiger partial charge >= 0.3 is 6.18 Å². The number of furan rings is 1. The van der Waals surface area contributed by atoms with Crippen molar-refractivity contribution in [2.24, 2.45) is 0 Å². The van der Waals surface area contributed by atoms with Crippen LogP contribution in [0.15, 0.2) is 59.5 Å². The molecule has 1 aromatic carbocycles. The normalized spacial score (nSPS) is 12.0. The Morgan fingerprint density at radius 1 is 1.08 bits per heavy atom. The summed E-state index contributed by atoms with van der Waals surface area (Å²) in [4.78, 5) is 3.98. The van der Waals surface area contributed by atoms with Crippen molar-refractivity contribution in [3.63, 3.8) is 0 Å². The Hall–Kier alpha value is -2.80. The zero-order chi connectivity index (χ0) is 18.5. The highest BCUT2D eigenvalue weighted by molar-refractivity contribution is 6.32. The lowest BCUT2D eigenvalue weighted by Gasteiger charge is -2.10. The summed E-state index contributed by atoms with van der Waals surface area (Å²) in [6.07, 6.45) is -0.575. The first-order valence-electron chi connectivity index (χ1n) is 7.42. The molecule has 132 valence electrons. The van der Waals surface area contributed by atoms with Crippen LogP contribution >= 0.6 is 11.6 Å². The topological polar surface area (TPSA) is 30.4 Å². The van der Waals surface area contributed by atoms with Gasteiger partial charge in [0.15, 0.2) is 5.65 Å². The van der Waals surface area contributed by atoms with Gasteiger partial charge in [0, 0.05) is 22.9 Å². The number of aromatic nitrogens is 2. The number of pyridine rings is 1. The van der Waals surface area contributed by atoms with Crippen LogP contribution in [0.1, 0.15) is 5.56 Å². The predicted molar refractivity (Wildman–Crippen MR) is 88.3 cm³/mol. The summed E-state index contributed by atoms with van der Waals surface area (Å²) >= 11 is 6.26. The minimum Gasteiger partial charge on any atom is -0.472 e. The smallest absolute Gasteiger partial charge is 0.420 e. The summed E-state index contributed by atoms with van der Waals surface area (Å²) < 4.78 is 60.8. The van der Waals surface area contributed by atoms with Crippen LogP contribution in [-0.4, -0.2) is 9.38 Å². The van der Waals surface area contributed by atoms with Crippen LogP contribution in [0.25, 0.3) is 28.0 Å². The lowest BCUT2D eigenvalue weighted by atomic mass is 10.1. The van der Waals surface area contributed by atoms with Crippen molar-refractivity contribution in [1.29, 1.82) is 0 Å². The first-order valence-corrected chi connectivity index (χ1v) is 7.80. The van der Waals surface area contributed by atoms with E-state index in [-0.39, 0.29) is 22.0 Å². The van der Waals surface area contributed by atoms with Crippen LogP contribution in [-0.2, 0) is 6.18 Å². The fourth-order valence-corrected chi connectivity index (χ4v) is 3.01. The third-order valence-electron chi connectivity index (χ3n) is 3.95. The largest absolute Gasteiger partial charge is 0.472 e. The van der Waals surface area contributed by atoms with Crippen molar-refractivity contribution >= 4 is 17.2 Å². The van der Waals surface area contributed by atoms with Gasteiger partial charge in [0.2, 0.25) is 0 Å². The minimum absolute atomic E-state index is 0.0270. The minimum atomic E-state index is -4.66. The summed E-state index contributed by atoms with van der Waals surface area (Å²) in [6.45, 7) is 0. The number of imidazole rings is 1. The van der Waals surface area contributed by atoms with E-state index in [1.807, 2.05) is 0 Å². The zero-order valence-electron chi connectivity index (χ0n) is 12.9. The summed E-state index contributed by atoms with van der Waals surface area (Å²) in [6, 6.07) is 8.13. The molecule has 0 aliphatic rings. The molecule has 0 radical (unpaired) electrons. The Kier molecular flexibility index (Phi) is 3.77. The van der Waals surface area contributed by atoms with E-state index in [1.165, 1.54) is 43.0 Å². The summed E-state index contributed by atoms with van der Waals surface area (Å²) in [5.41, 5.74) is -0.694. The maximum absolute atomic E-state index is 14.1. The van der Waals surface area contributed by atoms with Gasteiger partial charge < -0.3 is 4.42 Å². The van der Waals surface area contributed by atoms with Gasteiger partial charge in [-0.15, -0.1) is 0 Å². The first kappa shape index (κ1) is 16.7. The van der Waals surface area contributed by atoms with E-state index in [9.17, 15) is 17.6 Å². The standard InChI is InChI=1S/C18H9ClF4N2O/c19-16-15(12-3-1-2-4-14(12)20)24-17-13(18(21,22)23)7-11(8-25(16)17)10-5-6-26-9-10/h1-9H. The molecule has 3 aromatic heterocycles. The summed E-state index contributed by atoms with van der Waals surface area (Å²) in [5, 5.41) is -0.110. The van der Waals surface area contributed by atoms with Crippen molar-refractivity contribution in [2.75, 3.05) is 0 Å². The zero-order valence-corrected chi connectivity index (χ0v) is 13.6. The molecule has 0 saturated heterocycles. The molecule has 0 aliphatic heterocycles. The molecule has 0 spiro atoms. The van der Waals surface area contributed by atoms with Crippen molar-refractivity contribution in [2.45, 2.75) is 6.18 Å². The highest BCUT2D eigenvalue weighted by Crippen LogP contribution is 2.39. The molecule has 0 atom stereocenters. The number of benzene rings is 1. The summed E-state index contributed by atoms with van der Waals surface area (Å²) in [7, 11) is 0. The third-order valence-corrected chi connectivity index (χ3v) is 4.31. The molecule has 4 rings (SSSR count). The van der Waals surface area contributed by atoms with Gasteiger partial charge in [0.05, 0.1) is 18.1 Å². The maximum atomic E-state index is 14.1. The van der Waals surface area contributed by atoms with Crippen LogP contribution in [0.5, 0.6) is 0 Å². The molecule has 0 amide bonds. The monoisotopic (exact) mass is 380 g/mol. The van der Waals surface area contributed by atoms with E-state index in [0.29, 0.717) is 5.56 Å². The number of fused-ring (bicyclic) bond motifs is 1. The Balaban J connectivity index is 2.05. The van der Waals surface area contributed by atoms with Gasteiger partial charge in [-0.2, -0.15) is 13.2 Å². The van der Waals surface area contributed by atoms with Crippen LogP contribution in [0, 0.1) is 5.82 Å². The highest BCUT2D eigenvalue weighted by Gasteiger charge is 2.35. The van der Waals surface area contributed by atoms with Crippen LogP contribution in [0.3, 0.4) is 0 Å². The molecule has 0 saturated carbocycles. The van der Waals surface area contributed by atoms with E-state index in [2.05, 4.69) is 4.98 Å². The van der Waals surface area contributed by atoms with Gasteiger partial charge in [-0.1, -0.05) is 23.7 Å². The number of hydrogen-bond donors (Lipinski definition) is 0. The average Bonchev–Trinajstić information content (AvgIpc) is 3.23. The predicted octanol–water partition coefficient (Wildman–Crippen LogP) is 6.07. The molecule has 0 fully saturated rings. The Labute approximate surface area is 149 Å².